The minimum Gasteiger partial charge on any atom is -0.504 e. The summed E-state index contributed by atoms with van der Waals surface area (Å²) >= 11 is 0. The molecule has 0 aliphatic heterocycles. The lowest BCUT2D eigenvalue weighted by molar-refractivity contribution is -0.000515. The Morgan fingerprint density at radius 1 is 0.963 bits per heavy atom. The lowest BCUT2D eigenvalue weighted by atomic mass is 10.0. The molecule has 2 aromatic rings. The molecule has 7 heteroatoms. The van der Waals surface area contributed by atoms with Gasteiger partial charge in [-0.2, -0.15) is 0 Å². The molecule has 0 unspecified atom stereocenters. The average Bonchev–Trinajstić information content (AvgIpc) is 2.70. The predicted octanol–water partition coefficient (Wildman–Crippen LogP) is 1.89. The van der Waals surface area contributed by atoms with E-state index in [1.54, 1.807) is 30.4 Å². The van der Waals surface area contributed by atoms with Crippen molar-refractivity contribution in [3.8, 4) is 23.0 Å². The first-order chi connectivity index (χ1) is 13.0. The molecule has 0 amide bonds. The Labute approximate surface area is 157 Å². The number of hydrogen-bond acceptors (Lipinski definition) is 7. The molecule has 146 valence electrons. The van der Waals surface area contributed by atoms with Gasteiger partial charge in [0.05, 0.1) is 27.4 Å². The van der Waals surface area contributed by atoms with Crippen molar-refractivity contribution >= 4 is 6.08 Å². The average molecular weight is 376 g/mol. The molecule has 4 N–H and O–H groups in total. The third kappa shape index (κ3) is 5.13. The van der Waals surface area contributed by atoms with Crippen molar-refractivity contribution in [1.82, 2.24) is 0 Å². The Hall–Kier alpha value is -2.74. The van der Waals surface area contributed by atoms with Crippen molar-refractivity contribution in [1.29, 1.82) is 0 Å². The zero-order valence-corrected chi connectivity index (χ0v) is 15.2. The second-order valence-electron chi connectivity index (χ2n) is 5.71. The normalized spacial score (nSPS) is 13.4. The van der Waals surface area contributed by atoms with Gasteiger partial charge in [-0.05, 0) is 35.4 Å². The molecule has 7 nitrogen and oxygen atoms in total. The number of rotatable bonds is 9. The summed E-state index contributed by atoms with van der Waals surface area (Å²) in [5.74, 6) is 0.926. The Balaban J connectivity index is 2.24. The molecule has 2 aromatic carbocycles. The van der Waals surface area contributed by atoms with E-state index in [2.05, 4.69) is 0 Å². The van der Waals surface area contributed by atoms with E-state index >= 15 is 0 Å². The van der Waals surface area contributed by atoms with Gasteiger partial charge in [0, 0.05) is 0 Å². The lowest BCUT2D eigenvalue weighted by Crippen LogP contribution is -2.29. The Morgan fingerprint density at radius 3 is 2.33 bits per heavy atom. The molecule has 0 fully saturated rings. The van der Waals surface area contributed by atoms with Crippen LogP contribution in [-0.4, -0.2) is 54.0 Å². The minimum atomic E-state index is -1.16. The number of methoxy groups -OCH3 is 2. The molecule has 0 aliphatic carbocycles. The Morgan fingerprint density at radius 2 is 1.70 bits per heavy atom. The molecule has 0 aromatic heterocycles. The smallest absolute Gasteiger partial charge is 0.161 e. The summed E-state index contributed by atoms with van der Waals surface area (Å²) in [6.45, 7) is -0.519. The van der Waals surface area contributed by atoms with Gasteiger partial charge in [0.25, 0.3) is 0 Å². The van der Waals surface area contributed by atoms with E-state index in [9.17, 15) is 15.3 Å². The maximum absolute atomic E-state index is 10.6. The topological polar surface area (TPSA) is 109 Å². The van der Waals surface area contributed by atoms with Crippen LogP contribution < -0.4 is 14.2 Å². The zero-order chi connectivity index (χ0) is 19.8. The summed E-state index contributed by atoms with van der Waals surface area (Å²) in [7, 11) is 2.89. The molecule has 0 saturated heterocycles. The number of hydrogen-bond donors (Lipinski definition) is 4. The summed E-state index contributed by atoms with van der Waals surface area (Å²) in [4.78, 5) is 0. The highest BCUT2D eigenvalue weighted by Gasteiger charge is 2.24. The molecular weight excluding hydrogens is 352 g/mol. The van der Waals surface area contributed by atoms with Crippen LogP contribution in [-0.2, 0) is 0 Å². The van der Waals surface area contributed by atoms with Gasteiger partial charge in [0.1, 0.15) is 6.10 Å². The number of aliphatic hydroxyl groups excluding tert-OH is 3. The number of phenolic OH excluding ortho intramolecular Hbond substituents is 1. The van der Waals surface area contributed by atoms with Gasteiger partial charge < -0.3 is 34.6 Å². The van der Waals surface area contributed by atoms with E-state index in [0.717, 1.165) is 5.56 Å². The standard InChI is InChI=1S/C20H24O7/c1-25-17-11-14(6-7-15(17)23)20(24)19(12-22)27-16-8-5-13(4-3-9-21)10-18(16)26-2/h3-8,10-11,19-24H,9,12H2,1-2H3/b4-3-/t19-,20-/m0/s1. The summed E-state index contributed by atoms with van der Waals surface area (Å²) < 4.78 is 16.1. The fourth-order valence-electron chi connectivity index (χ4n) is 2.53. The van der Waals surface area contributed by atoms with Gasteiger partial charge in [-0.15, -0.1) is 0 Å². The van der Waals surface area contributed by atoms with Crippen LogP contribution in [0.3, 0.4) is 0 Å². The fourth-order valence-corrected chi connectivity index (χ4v) is 2.53. The summed E-state index contributed by atoms with van der Waals surface area (Å²) in [6.07, 6.45) is 1.19. The molecule has 2 atom stereocenters. The van der Waals surface area contributed by atoms with Crippen LogP contribution in [0.4, 0.5) is 0 Å². The first kappa shape index (κ1) is 20.6. The van der Waals surface area contributed by atoms with Crippen LogP contribution in [0.2, 0.25) is 0 Å². The van der Waals surface area contributed by atoms with Gasteiger partial charge in [0.15, 0.2) is 29.1 Å². The van der Waals surface area contributed by atoms with Crippen LogP contribution in [0.5, 0.6) is 23.0 Å². The third-order valence-corrected chi connectivity index (χ3v) is 3.96. The molecular formula is C20H24O7. The van der Waals surface area contributed by atoms with Crippen molar-refractivity contribution in [3.63, 3.8) is 0 Å². The number of ether oxygens (including phenoxy) is 3. The summed E-state index contributed by atoms with van der Waals surface area (Å²) in [5, 5.41) is 38.8. The van der Waals surface area contributed by atoms with E-state index in [0.29, 0.717) is 17.1 Å². The Bertz CT molecular complexity index is 773. The van der Waals surface area contributed by atoms with Gasteiger partial charge in [-0.3, -0.25) is 0 Å². The zero-order valence-electron chi connectivity index (χ0n) is 15.2. The number of benzene rings is 2. The van der Waals surface area contributed by atoms with Crippen LogP contribution in [0.15, 0.2) is 42.5 Å². The highest BCUT2D eigenvalue weighted by molar-refractivity contribution is 5.56. The maximum atomic E-state index is 10.6. The molecule has 0 radical (unpaired) electrons. The van der Waals surface area contributed by atoms with Crippen LogP contribution in [0.1, 0.15) is 17.2 Å². The van der Waals surface area contributed by atoms with E-state index in [-0.39, 0.29) is 18.1 Å². The number of aromatic hydroxyl groups is 1. The SMILES string of the molecule is COc1cc([C@H](O)[C@H](CO)Oc2ccc(/C=C\CO)cc2OC)ccc1O. The second-order valence-corrected chi connectivity index (χ2v) is 5.71. The highest BCUT2D eigenvalue weighted by Crippen LogP contribution is 2.34. The van der Waals surface area contributed by atoms with Crippen LogP contribution >= 0.6 is 0 Å². The minimum absolute atomic E-state index is 0.0527. The number of phenols is 1. The van der Waals surface area contributed by atoms with E-state index in [1.807, 2.05) is 0 Å². The van der Waals surface area contributed by atoms with Gasteiger partial charge in [-0.25, -0.2) is 0 Å². The fraction of sp³-hybridized carbons (Fsp3) is 0.300. The lowest BCUT2D eigenvalue weighted by Gasteiger charge is -2.24. The number of aliphatic hydroxyl groups is 3. The first-order valence-electron chi connectivity index (χ1n) is 8.32. The quantitative estimate of drug-likeness (QED) is 0.529. The molecule has 0 heterocycles. The van der Waals surface area contributed by atoms with Gasteiger partial charge >= 0.3 is 0 Å². The molecule has 0 spiro atoms. The predicted molar refractivity (Wildman–Crippen MR) is 100 cm³/mol. The molecule has 0 saturated carbocycles. The molecule has 2 rings (SSSR count). The van der Waals surface area contributed by atoms with E-state index in [4.69, 9.17) is 19.3 Å². The third-order valence-electron chi connectivity index (χ3n) is 3.96. The molecule has 27 heavy (non-hydrogen) atoms. The van der Waals surface area contributed by atoms with Gasteiger partial charge in [-0.1, -0.05) is 24.3 Å². The van der Waals surface area contributed by atoms with Crippen molar-refractivity contribution in [2.24, 2.45) is 0 Å². The van der Waals surface area contributed by atoms with Crippen molar-refractivity contribution < 1.29 is 34.6 Å². The Kier molecular flexibility index (Phi) is 7.48. The van der Waals surface area contributed by atoms with E-state index in [1.165, 1.54) is 32.4 Å². The van der Waals surface area contributed by atoms with Crippen molar-refractivity contribution in [2.75, 3.05) is 27.4 Å². The second kappa shape index (κ2) is 9.82. The summed E-state index contributed by atoms with van der Waals surface area (Å²) in [5.41, 5.74) is 1.22. The first-order valence-corrected chi connectivity index (χ1v) is 8.32. The summed E-state index contributed by atoms with van der Waals surface area (Å²) in [6, 6.07) is 9.53. The largest absolute Gasteiger partial charge is 0.504 e. The van der Waals surface area contributed by atoms with Crippen LogP contribution in [0, 0.1) is 0 Å². The van der Waals surface area contributed by atoms with E-state index < -0.39 is 18.8 Å². The van der Waals surface area contributed by atoms with Gasteiger partial charge in [0.2, 0.25) is 0 Å². The molecule has 0 bridgehead atoms. The maximum Gasteiger partial charge on any atom is 0.161 e. The molecule has 0 aliphatic rings. The van der Waals surface area contributed by atoms with Crippen LogP contribution in [0.25, 0.3) is 6.08 Å². The van der Waals surface area contributed by atoms with Crippen molar-refractivity contribution in [2.45, 2.75) is 12.2 Å². The van der Waals surface area contributed by atoms with Crippen molar-refractivity contribution in [3.05, 3.63) is 53.6 Å². The highest BCUT2D eigenvalue weighted by atomic mass is 16.5. The monoisotopic (exact) mass is 376 g/mol.